The molecule has 0 spiro atoms. The van der Waals surface area contributed by atoms with Gasteiger partial charge in [-0.25, -0.2) is 0 Å². The fraction of sp³-hybridized carbons (Fsp3) is 0.529. The molecular formula is C17H21NO3. The molecule has 1 amide bonds. The minimum atomic E-state index is -0.815. The Bertz CT molecular complexity index is 569. The van der Waals surface area contributed by atoms with Gasteiger partial charge < -0.3 is 10.4 Å². The van der Waals surface area contributed by atoms with Crippen molar-refractivity contribution in [2.45, 2.75) is 32.6 Å². The minimum Gasteiger partial charge on any atom is -0.481 e. The molecule has 2 bridgehead atoms. The smallest absolute Gasteiger partial charge is 0.307 e. The average molecular weight is 287 g/mol. The first-order valence-electron chi connectivity index (χ1n) is 7.72. The highest BCUT2D eigenvalue weighted by molar-refractivity contribution is 5.96. The van der Waals surface area contributed by atoms with E-state index in [0.29, 0.717) is 0 Å². The van der Waals surface area contributed by atoms with Crippen LogP contribution in [0, 0.1) is 23.7 Å². The zero-order chi connectivity index (χ0) is 15.0. The van der Waals surface area contributed by atoms with Gasteiger partial charge in [0.05, 0.1) is 11.8 Å². The van der Waals surface area contributed by atoms with Crippen LogP contribution in [0.3, 0.4) is 0 Å². The number of fused-ring (bicyclic) bond motifs is 2. The number of carboxylic acid groups (broad SMARTS) is 1. The molecule has 2 aliphatic rings. The topological polar surface area (TPSA) is 66.4 Å². The Kier molecular flexibility index (Phi) is 3.70. The van der Waals surface area contributed by atoms with Gasteiger partial charge in [0.25, 0.3) is 0 Å². The van der Waals surface area contributed by atoms with E-state index >= 15 is 0 Å². The van der Waals surface area contributed by atoms with Gasteiger partial charge in [-0.1, -0.05) is 19.1 Å². The molecule has 21 heavy (non-hydrogen) atoms. The van der Waals surface area contributed by atoms with Crippen molar-refractivity contribution in [3.05, 3.63) is 29.8 Å². The fourth-order valence-electron chi connectivity index (χ4n) is 4.12. The van der Waals surface area contributed by atoms with Crippen molar-refractivity contribution < 1.29 is 14.7 Å². The average Bonchev–Trinajstić information content (AvgIpc) is 3.07. The van der Waals surface area contributed by atoms with Gasteiger partial charge >= 0.3 is 5.97 Å². The molecule has 112 valence electrons. The monoisotopic (exact) mass is 287 g/mol. The third-order valence-corrected chi connectivity index (χ3v) is 5.11. The van der Waals surface area contributed by atoms with Gasteiger partial charge in [0.1, 0.15) is 0 Å². The largest absolute Gasteiger partial charge is 0.481 e. The summed E-state index contributed by atoms with van der Waals surface area (Å²) < 4.78 is 0. The number of anilines is 1. The van der Waals surface area contributed by atoms with Gasteiger partial charge in [-0.05, 0) is 55.2 Å². The van der Waals surface area contributed by atoms with Gasteiger partial charge in [0.15, 0.2) is 0 Å². The van der Waals surface area contributed by atoms with Crippen molar-refractivity contribution in [3.63, 3.8) is 0 Å². The minimum absolute atomic E-state index is 0.122. The van der Waals surface area contributed by atoms with Gasteiger partial charge in [-0.15, -0.1) is 0 Å². The van der Waals surface area contributed by atoms with Crippen LogP contribution in [0.1, 0.15) is 31.7 Å². The molecule has 1 aromatic rings. The lowest BCUT2D eigenvalue weighted by Gasteiger charge is -2.27. The van der Waals surface area contributed by atoms with Crippen LogP contribution in [0.4, 0.5) is 5.69 Å². The highest BCUT2D eigenvalue weighted by atomic mass is 16.4. The Balaban J connectivity index is 1.76. The highest BCUT2D eigenvalue weighted by Gasteiger charge is 2.53. The molecular weight excluding hydrogens is 266 g/mol. The molecule has 0 heterocycles. The molecule has 2 saturated carbocycles. The summed E-state index contributed by atoms with van der Waals surface area (Å²) in [4.78, 5) is 24.0. The van der Waals surface area contributed by atoms with E-state index in [-0.39, 0.29) is 23.7 Å². The highest BCUT2D eigenvalue weighted by Crippen LogP contribution is 2.52. The summed E-state index contributed by atoms with van der Waals surface area (Å²) in [5, 5.41) is 12.3. The van der Waals surface area contributed by atoms with Crippen LogP contribution in [-0.2, 0) is 16.0 Å². The number of rotatable bonds is 4. The molecule has 4 nitrogen and oxygen atoms in total. The molecule has 2 aliphatic carbocycles. The molecule has 4 heteroatoms. The van der Waals surface area contributed by atoms with Crippen molar-refractivity contribution in [3.8, 4) is 0 Å². The van der Waals surface area contributed by atoms with Crippen LogP contribution < -0.4 is 5.32 Å². The third-order valence-electron chi connectivity index (χ3n) is 5.11. The Hall–Kier alpha value is -1.84. The summed E-state index contributed by atoms with van der Waals surface area (Å²) in [6, 6.07) is 7.76. The van der Waals surface area contributed by atoms with E-state index in [9.17, 15) is 14.7 Å². The summed E-state index contributed by atoms with van der Waals surface area (Å²) >= 11 is 0. The quantitative estimate of drug-likeness (QED) is 0.894. The van der Waals surface area contributed by atoms with E-state index in [1.54, 1.807) is 0 Å². The van der Waals surface area contributed by atoms with Crippen LogP contribution in [0.5, 0.6) is 0 Å². The molecule has 0 radical (unpaired) electrons. The van der Waals surface area contributed by atoms with Crippen LogP contribution in [0.2, 0.25) is 0 Å². The lowest BCUT2D eigenvalue weighted by Crippen LogP contribution is -2.37. The standard InChI is InChI=1S/C17H21NO3/c1-2-10-4-3-5-13(8-10)18-16(19)14-11-6-7-12(9-11)15(14)17(20)21/h3-5,8,11-12,14-15H,2,6-7,9H2,1H3,(H,18,19)(H,20,21). The van der Waals surface area contributed by atoms with E-state index in [4.69, 9.17) is 0 Å². The van der Waals surface area contributed by atoms with Crippen molar-refractivity contribution in [2.24, 2.45) is 23.7 Å². The number of aliphatic carboxylic acids is 1. The van der Waals surface area contributed by atoms with Gasteiger partial charge in [-0.3, -0.25) is 9.59 Å². The molecule has 1 aromatic carbocycles. The van der Waals surface area contributed by atoms with Crippen molar-refractivity contribution in [1.29, 1.82) is 0 Å². The first-order valence-corrected chi connectivity index (χ1v) is 7.72. The number of carbonyl (C=O) groups excluding carboxylic acids is 1. The van der Waals surface area contributed by atoms with Crippen molar-refractivity contribution >= 4 is 17.6 Å². The number of hydrogen-bond acceptors (Lipinski definition) is 2. The molecule has 2 fully saturated rings. The third kappa shape index (κ3) is 2.55. The Morgan fingerprint density at radius 3 is 2.62 bits per heavy atom. The van der Waals surface area contributed by atoms with E-state index in [1.807, 2.05) is 24.3 Å². The van der Waals surface area contributed by atoms with Crippen LogP contribution in [0.15, 0.2) is 24.3 Å². The number of amides is 1. The Morgan fingerprint density at radius 2 is 1.95 bits per heavy atom. The lowest BCUT2D eigenvalue weighted by atomic mass is 9.78. The van der Waals surface area contributed by atoms with Crippen molar-refractivity contribution in [2.75, 3.05) is 5.32 Å². The van der Waals surface area contributed by atoms with E-state index < -0.39 is 11.9 Å². The summed E-state index contributed by atoms with van der Waals surface area (Å²) in [6.07, 6.45) is 3.75. The van der Waals surface area contributed by atoms with E-state index in [0.717, 1.165) is 36.9 Å². The SMILES string of the molecule is CCc1cccc(NC(=O)C2C3CCC(C3)C2C(=O)O)c1. The molecule has 3 rings (SSSR count). The number of aryl methyl sites for hydroxylation is 1. The predicted octanol–water partition coefficient (Wildman–Crippen LogP) is 2.93. The van der Waals surface area contributed by atoms with E-state index in [1.165, 1.54) is 0 Å². The number of nitrogens with one attached hydrogen (secondary N) is 1. The van der Waals surface area contributed by atoms with Gasteiger partial charge in [0, 0.05) is 5.69 Å². The molecule has 0 aromatic heterocycles. The first kappa shape index (κ1) is 14.1. The second kappa shape index (κ2) is 5.51. The number of carbonyl (C=O) groups is 2. The van der Waals surface area contributed by atoms with Crippen LogP contribution in [-0.4, -0.2) is 17.0 Å². The van der Waals surface area contributed by atoms with E-state index in [2.05, 4.69) is 12.2 Å². The maximum Gasteiger partial charge on any atom is 0.307 e. The zero-order valence-electron chi connectivity index (χ0n) is 12.2. The summed E-state index contributed by atoms with van der Waals surface area (Å²) in [5.41, 5.74) is 1.93. The van der Waals surface area contributed by atoms with Gasteiger partial charge in [0.2, 0.25) is 5.91 Å². The second-order valence-electron chi connectivity index (χ2n) is 6.27. The van der Waals surface area contributed by atoms with Gasteiger partial charge in [-0.2, -0.15) is 0 Å². The van der Waals surface area contributed by atoms with Crippen molar-refractivity contribution in [1.82, 2.24) is 0 Å². The maximum atomic E-state index is 12.5. The molecule has 0 saturated heterocycles. The molecule has 0 aliphatic heterocycles. The summed E-state index contributed by atoms with van der Waals surface area (Å²) in [7, 11) is 0. The zero-order valence-corrected chi connectivity index (χ0v) is 12.2. The number of hydrogen-bond donors (Lipinski definition) is 2. The maximum absolute atomic E-state index is 12.5. The first-order chi connectivity index (χ1) is 10.1. The molecule has 2 N–H and O–H groups in total. The molecule has 4 atom stereocenters. The van der Waals surface area contributed by atoms with Crippen LogP contribution in [0.25, 0.3) is 0 Å². The predicted molar refractivity (Wildman–Crippen MR) is 79.9 cm³/mol. The number of benzene rings is 1. The Labute approximate surface area is 124 Å². The molecule has 4 unspecified atom stereocenters. The summed E-state index contributed by atoms with van der Waals surface area (Å²) in [6.45, 7) is 2.07. The fourth-order valence-corrected chi connectivity index (χ4v) is 4.12. The number of carboxylic acids is 1. The van der Waals surface area contributed by atoms with Crippen LogP contribution >= 0.6 is 0 Å². The Morgan fingerprint density at radius 1 is 1.24 bits per heavy atom. The summed E-state index contributed by atoms with van der Waals surface area (Å²) in [5.74, 6) is -1.38. The lowest BCUT2D eigenvalue weighted by molar-refractivity contribution is -0.148. The normalized spacial score (nSPS) is 30.3. The second-order valence-corrected chi connectivity index (χ2v) is 6.27.